The fourth-order valence-corrected chi connectivity index (χ4v) is 1.74. The lowest BCUT2D eigenvalue weighted by molar-refractivity contribution is -0.277. The van der Waals surface area contributed by atoms with Gasteiger partial charge in [-0.05, 0) is 18.6 Å². The highest BCUT2D eigenvalue weighted by molar-refractivity contribution is 6.29. The van der Waals surface area contributed by atoms with Gasteiger partial charge >= 0.3 is 18.5 Å². The number of ether oxygens (including phenoxy) is 2. The van der Waals surface area contributed by atoms with E-state index in [4.69, 9.17) is 11.6 Å². The number of carbonyl (C=O) groups is 1. The van der Waals surface area contributed by atoms with Crippen LogP contribution in [0.15, 0.2) is 6.07 Å². The van der Waals surface area contributed by atoms with Crippen LogP contribution in [0.4, 0.5) is 26.3 Å². The van der Waals surface area contributed by atoms with E-state index in [2.05, 4.69) is 14.5 Å². The van der Waals surface area contributed by atoms with E-state index in [0.29, 0.717) is 6.07 Å². The van der Waals surface area contributed by atoms with Crippen molar-refractivity contribution in [3.63, 3.8) is 0 Å². The number of hydrogen-bond acceptors (Lipinski definition) is 4. The van der Waals surface area contributed by atoms with Gasteiger partial charge in [-0.1, -0.05) is 11.6 Å². The standard InChI is InChI=1S/C11H8ClF6NO3/c1-2-21-7(20)4-5-3-6(12)19-9(22-11(16,17)18)8(5)10(13,14)15/h3H,2,4H2,1H3. The quantitative estimate of drug-likeness (QED) is 0.471. The van der Waals surface area contributed by atoms with Gasteiger partial charge in [0.1, 0.15) is 10.7 Å². The van der Waals surface area contributed by atoms with Gasteiger partial charge < -0.3 is 9.47 Å². The lowest BCUT2D eigenvalue weighted by Gasteiger charge is -2.17. The summed E-state index contributed by atoms with van der Waals surface area (Å²) in [6.45, 7) is 1.31. The molecule has 0 fully saturated rings. The summed E-state index contributed by atoms with van der Waals surface area (Å²) in [5.41, 5.74) is -2.66. The van der Waals surface area contributed by atoms with Crippen molar-refractivity contribution in [2.45, 2.75) is 25.9 Å². The summed E-state index contributed by atoms with van der Waals surface area (Å²) in [4.78, 5) is 14.2. The van der Waals surface area contributed by atoms with Crippen molar-refractivity contribution >= 4 is 17.6 Å². The minimum Gasteiger partial charge on any atom is -0.466 e. The molecule has 11 heteroatoms. The molecule has 0 aliphatic rings. The number of carbonyl (C=O) groups excluding carboxylic acids is 1. The number of halogens is 7. The SMILES string of the molecule is CCOC(=O)Cc1cc(Cl)nc(OC(F)(F)F)c1C(F)(F)F. The normalized spacial score (nSPS) is 12.2. The molecule has 0 aliphatic carbocycles. The highest BCUT2D eigenvalue weighted by Gasteiger charge is 2.43. The molecule has 0 atom stereocenters. The van der Waals surface area contributed by atoms with E-state index in [-0.39, 0.29) is 6.61 Å². The molecule has 0 N–H and O–H groups in total. The predicted molar refractivity (Wildman–Crippen MR) is 61.3 cm³/mol. The van der Waals surface area contributed by atoms with Crippen LogP contribution >= 0.6 is 11.6 Å². The number of alkyl halides is 6. The second kappa shape index (κ2) is 6.59. The number of hydrogen-bond donors (Lipinski definition) is 0. The average Bonchev–Trinajstić information content (AvgIpc) is 2.23. The Hall–Kier alpha value is -1.71. The molecule has 0 aromatic carbocycles. The molecule has 0 radical (unpaired) electrons. The van der Waals surface area contributed by atoms with Gasteiger partial charge in [0.05, 0.1) is 13.0 Å². The van der Waals surface area contributed by atoms with E-state index in [1.165, 1.54) is 6.92 Å². The third-order valence-electron chi connectivity index (χ3n) is 2.17. The van der Waals surface area contributed by atoms with E-state index in [9.17, 15) is 31.1 Å². The maximum absolute atomic E-state index is 13.0. The van der Waals surface area contributed by atoms with Crippen LogP contribution in [0.25, 0.3) is 0 Å². The van der Waals surface area contributed by atoms with Crippen LogP contribution in [0.1, 0.15) is 18.1 Å². The molecule has 0 amide bonds. The predicted octanol–water partition coefficient (Wildman–Crippen LogP) is 3.76. The summed E-state index contributed by atoms with van der Waals surface area (Å²) in [6, 6.07) is 0.629. The Labute approximate surface area is 125 Å². The number of rotatable bonds is 4. The number of esters is 1. The van der Waals surface area contributed by atoms with E-state index in [0.717, 1.165) is 0 Å². The van der Waals surface area contributed by atoms with Crippen LogP contribution in [0.2, 0.25) is 5.15 Å². The fourth-order valence-electron chi connectivity index (χ4n) is 1.53. The molecule has 124 valence electrons. The molecule has 1 aromatic heterocycles. The third-order valence-corrected chi connectivity index (χ3v) is 2.37. The average molecular weight is 352 g/mol. The smallest absolute Gasteiger partial charge is 0.466 e. The number of pyridine rings is 1. The number of aromatic nitrogens is 1. The van der Waals surface area contributed by atoms with Crippen molar-refractivity contribution in [2.24, 2.45) is 0 Å². The van der Waals surface area contributed by atoms with Crippen LogP contribution < -0.4 is 4.74 Å². The number of nitrogens with zero attached hydrogens (tertiary/aromatic N) is 1. The van der Waals surface area contributed by atoms with E-state index >= 15 is 0 Å². The highest BCUT2D eigenvalue weighted by atomic mass is 35.5. The molecule has 0 aliphatic heterocycles. The van der Waals surface area contributed by atoms with Gasteiger partial charge in [0.25, 0.3) is 0 Å². The minimum absolute atomic E-state index is 0.106. The first-order valence-corrected chi connectivity index (χ1v) is 5.99. The summed E-state index contributed by atoms with van der Waals surface area (Å²) in [5, 5.41) is -0.688. The van der Waals surface area contributed by atoms with E-state index in [1.54, 1.807) is 0 Å². The van der Waals surface area contributed by atoms with Crippen molar-refractivity contribution in [1.29, 1.82) is 0 Å². The molecule has 1 heterocycles. The fraction of sp³-hybridized carbons (Fsp3) is 0.455. The Morgan fingerprint density at radius 3 is 2.32 bits per heavy atom. The van der Waals surface area contributed by atoms with Crippen LogP contribution in [0.3, 0.4) is 0 Å². The van der Waals surface area contributed by atoms with E-state index in [1.807, 2.05) is 0 Å². The Kier molecular flexibility index (Phi) is 5.49. The van der Waals surface area contributed by atoms with Gasteiger partial charge in [-0.2, -0.15) is 13.2 Å². The van der Waals surface area contributed by atoms with Crippen LogP contribution in [0.5, 0.6) is 5.88 Å². The molecule has 0 unspecified atom stereocenters. The van der Waals surface area contributed by atoms with Crippen LogP contribution in [0, 0.1) is 0 Å². The molecule has 4 nitrogen and oxygen atoms in total. The van der Waals surface area contributed by atoms with Gasteiger partial charge in [-0.3, -0.25) is 4.79 Å². The van der Waals surface area contributed by atoms with Crippen molar-refractivity contribution in [3.05, 3.63) is 22.3 Å². The topological polar surface area (TPSA) is 48.4 Å². The largest absolute Gasteiger partial charge is 0.574 e. The van der Waals surface area contributed by atoms with Gasteiger partial charge in [-0.25, -0.2) is 4.98 Å². The van der Waals surface area contributed by atoms with Crippen molar-refractivity contribution < 1.29 is 40.6 Å². The third kappa shape index (κ3) is 5.24. The molecule has 1 rings (SSSR count). The summed E-state index contributed by atoms with van der Waals surface area (Å²) >= 11 is 5.38. The summed E-state index contributed by atoms with van der Waals surface area (Å²) in [7, 11) is 0. The first-order chi connectivity index (χ1) is 9.94. The molecule has 0 saturated carbocycles. The first-order valence-electron chi connectivity index (χ1n) is 5.62. The molecule has 1 aromatic rings. The Morgan fingerprint density at radius 2 is 1.86 bits per heavy atom. The second-order valence-corrected chi connectivity index (χ2v) is 4.20. The zero-order valence-electron chi connectivity index (χ0n) is 10.8. The second-order valence-electron chi connectivity index (χ2n) is 3.81. The monoisotopic (exact) mass is 351 g/mol. The Morgan fingerprint density at radius 1 is 1.27 bits per heavy atom. The Balaban J connectivity index is 3.38. The summed E-state index contributed by atoms with van der Waals surface area (Å²) in [5.74, 6) is -2.83. The molecular formula is C11H8ClF6NO3. The molecule has 0 saturated heterocycles. The van der Waals surface area contributed by atoms with Crippen LogP contribution in [-0.4, -0.2) is 23.9 Å². The van der Waals surface area contributed by atoms with Gasteiger partial charge in [0.15, 0.2) is 0 Å². The molecule has 0 bridgehead atoms. The van der Waals surface area contributed by atoms with Gasteiger partial charge in [-0.15, -0.1) is 13.2 Å². The van der Waals surface area contributed by atoms with E-state index < -0.39 is 47.1 Å². The zero-order chi connectivity index (χ0) is 17.1. The zero-order valence-corrected chi connectivity index (χ0v) is 11.6. The summed E-state index contributed by atoms with van der Waals surface area (Å²) in [6.07, 6.45) is -11.6. The Bertz CT molecular complexity index is 558. The van der Waals surface area contributed by atoms with Crippen molar-refractivity contribution in [1.82, 2.24) is 4.98 Å². The molecule has 22 heavy (non-hydrogen) atoms. The highest BCUT2D eigenvalue weighted by Crippen LogP contribution is 2.40. The first kappa shape index (κ1) is 18.3. The lowest BCUT2D eigenvalue weighted by atomic mass is 10.1. The van der Waals surface area contributed by atoms with Gasteiger partial charge in [0.2, 0.25) is 5.88 Å². The maximum atomic E-state index is 13.0. The van der Waals surface area contributed by atoms with Gasteiger partial charge in [0, 0.05) is 0 Å². The van der Waals surface area contributed by atoms with Crippen molar-refractivity contribution in [2.75, 3.05) is 6.61 Å². The van der Waals surface area contributed by atoms with Crippen LogP contribution in [-0.2, 0) is 22.1 Å². The minimum atomic E-state index is -5.40. The lowest BCUT2D eigenvalue weighted by Crippen LogP contribution is -2.23. The molecule has 0 spiro atoms. The summed E-state index contributed by atoms with van der Waals surface area (Å²) < 4.78 is 83.2. The van der Waals surface area contributed by atoms with Crippen molar-refractivity contribution in [3.8, 4) is 5.88 Å². The maximum Gasteiger partial charge on any atom is 0.574 e. The molecular weight excluding hydrogens is 344 g/mol.